The highest BCUT2D eigenvalue weighted by Gasteiger charge is 2.47. The number of hydrogen-bond donors (Lipinski definition) is 2. The van der Waals surface area contributed by atoms with Gasteiger partial charge in [0.15, 0.2) is 8.32 Å². The van der Waals surface area contributed by atoms with Gasteiger partial charge in [0.05, 0.1) is 12.1 Å². The number of nitrogens with one attached hydrogen (secondary N) is 1. The number of nitrogens with two attached hydrogens (primary N) is 1. The summed E-state index contributed by atoms with van der Waals surface area (Å²) in [6, 6.07) is 19.4. The van der Waals surface area contributed by atoms with Gasteiger partial charge in [0.2, 0.25) is 0 Å². The highest BCUT2D eigenvalue weighted by Crippen LogP contribution is 2.44. The highest BCUT2D eigenvalue weighted by molar-refractivity contribution is 6.74. The van der Waals surface area contributed by atoms with Gasteiger partial charge in [-0.2, -0.15) is 0 Å². The van der Waals surface area contributed by atoms with Crippen LogP contribution in [0.15, 0.2) is 73.1 Å². The molecule has 1 aliphatic rings. The van der Waals surface area contributed by atoms with Crippen molar-refractivity contribution in [1.29, 1.82) is 5.41 Å². The van der Waals surface area contributed by atoms with Crippen LogP contribution in [0, 0.1) is 5.41 Å². The summed E-state index contributed by atoms with van der Waals surface area (Å²) in [5.41, 5.74) is 8.95. The second-order valence-corrected chi connectivity index (χ2v) is 20.2. The number of amidine groups is 1. The summed E-state index contributed by atoms with van der Waals surface area (Å²) in [6.45, 7) is 17.3. The molecule has 3 atom stereocenters. The first kappa shape index (κ1) is 36.8. The Balaban J connectivity index is 1.57. The average molecular weight is 672 g/mol. The van der Waals surface area contributed by atoms with E-state index in [-0.39, 0.29) is 41.1 Å². The number of benzene rings is 2. The van der Waals surface area contributed by atoms with E-state index in [1.807, 2.05) is 68.1 Å². The number of carbonyl (C=O) groups excluding carboxylic acids is 2. The van der Waals surface area contributed by atoms with Crippen molar-refractivity contribution in [3.63, 3.8) is 0 Å². The van der Waals surface area contributed by atoms with Crippen LogP contribution in [0.4, 0.5) is 4.79 Å². The van der Waals surface area contributed by atoms with Crippen molar-refractivity contribution in [3.8, 4) is 0 Å². The number of hydrogen-bond acceptors (Lipinski definition) is 6. The van der Waals surface area contributed by atoms with Crippen molar-refractivity contribution in [2.75, 3.05) is 7.05 Å². The van der Waals surface area contributed by atoms with Gasteiger partial charge in [-0.3, -0.25) is 20.1 Å². The van der Waals surface area contributed by atoms with Crippen LogP contribution in [0.25, 0.3) is 0 Å². The number of amides is 2. The molecule has 2 amide bonds. The number of rotatable bonds is 10. The smallest absolute Gasteiger partial charge is 0.410 e. The van der Waals surface area contributed by atoms with Crippen molar-refractivity contribution >= 4 is 26.2 Å². The zero-order valence-electron chi connectivity index (χ0n) is 30.0. The predicted octanol–water partition coefficient (Wildman–Crippen LogP) is 7.71. The molecule has 2 heterocycles. The molecule has 0 spiro atoms. The minimum Gasteiger partial charge on any atom is -0.444 e. The summed E-state index contributed by atoms with van der Waals surface area (Å²) in [6.07, 6.45) is 4.82. The second kappa shape index (κ2) is 14.6. The van der Waals surface area contributed by atoms with Gasteiger partial charge >= 0.3 is 6.09 Å². The molecule has 9 nitrogen and oxygen atoms in total. The fraction of sp³-hybridized carbons (Fsp3) is 0.474. The number of ether oxygens (including phenoxy) is 1. The number of likely N-dealkylation sites (tertiary alicyclic amines) is 1. The van der Waals surface area contributed by atoms with Crippen LogP contribution in [0.1, 0.15) is 93.1 Å². The Morgan fingerprint density at radius 3 is 2.21 bits per heavy atom. The third-order valence-corrected chi connectivity index (χ3v) is 13.9. The zero-order valence-corrected chi connectivity index (χ0v) is 31.0. The molecule has 1 aromatic heterocycles. The van der Waals surface area contributed by atoms with Crippen LogP contribution in [0.5, 0.6) is 0 Å². The average Bonchev–Trinajstić information content (AvgIpc) is 3.42. The van der Waals surface area contributed by atoms with Crippen molar-refractivity contribution in [2.45, 2.75) is 109 Å². The van der Waals surface area contributed by atoms with Crippen molar-refractivity contribution < 1.29 is 18.8 Å². The largest absolute Gasteiger partial charge is 0.444 e. The third-order valence-electron chi connectivity index (χ3n) is 9.40. The van der Waals surface area contributed by atoms with Gasteiger partial charge in [-0.15, -0.1) is 0 Å². The van der Waals surface area contributed by atoms with Gasteiger partial charge in [0.1, 0.15) is 11.4 Å². The lowest BCUT2D eigenvalue weighted by atomic mass is 10.0. The van der Waals surface area contributed by atoms with Gasteiger partial charge in [0, 0.05) is 43.2 Å². The number of nitrogens with zero attached hydrogens (tertiary/aromatic N) is 3. The molecule has 1 fully saturated rings. The Hall–Kier alpha value is -4.02. The quantitative estimate of drug-likeness (QED) is 0.129. The number of aromatic nitrogens is 1. The first-order valence-corrected chi connectivity index (χ1v) is 19.6. The molecule has 0 bridgehead atoms. The Morgan fingerprint density at radius 1 is 0.979 bits per heavy atom. The molecular formula is C38H53N5O4Si. The summed E-state index contributed by atoms with van der Waals surface area (Å²) < 4.78 is 13.2. The monoisotopic (exact) mass is 671 g/mol. The van der Waals surface area contributed by atoms with Crippen molar-refractivity contribution in [3.05, 3.63) is 101 Å². The van der Waals surface area contributed by atoms with Gasteiger partial charge in [-0.1, -0.05) is 63.2 Å². The molecule has 2 aromatic carbocycles. The molecule has 0 radical (unpaired) electrons. The van der Waals surface area contributed by atoms with E-state index in [0.29, 0.717) is 24.1 Å². The van der Waals surface area contributed by atoms with E-state index in [4.69, 9.17) is 20.3 Å². The van der Waals surface area contributed by atoms with Crippen molar-refractivity contribution in [2.24, 2.45) is 5.73 Å². The van der Waals surface area contributed by atoms with E-state index >= 15 is 0 Å². The first-order valence-electron chi connectivity index (χ1n) is 16.7. The molecule has 48 heavy (non-hydrogen) atoms. The van der Waals surface area contributed by atoms with Gasteiger partial charge in [-0.25, -0.2) is 4.79 Å². The lowest BCUT2D eigenvalue weighted by Crippen LogP contribution is -2.50. The standard InChI is InChI=1S/C38H53N5O4Si/c1-37(2,3)46-36(45)43-31(19-20-32(43)33(28-13-11-10-12-14-28)47-48(8,9)38(4,5)6)22-26-15-17-29(18-16-26)35(44)42(7)25-27-21-30(34(39)40)24-41-23-27/h10-18,21,23-24,31-33H,19-20,22,25H2,1-9H3,(H3,39,40). The lowest BCUT2D eigenvalue weighted by molar-refractivity contribution is -0.00239. The third kappa shape index (κ3) is 9.11. The Morgan fingerprint density at radius 2 is 1.62 bits per heavy atom. The van der Waals surface area contributed by atoms with Crippen LogP contribution in [-0.4, -0.2) is 65.7 Å². The molecule has 258 valence electrons. The van der Waals surface area contributed by atoms with Crippen LogP contribution in [0.3, 0.4) is 0 Å². The van der Waals surface area contributed by atoms with Crippen LogP contribution in [0.2, 0.25) is 18.1 Å². The molecule has 1 saturated heterocycles. The Bertz CT molecular complexity index is 1580. The number of pyridine rings is 1. The molecule has 1 aliphatic heterocycles. The van der Waals surface area contributed by atoms with Crippen molar-refractivity contribution in [1.82, 2.24) is 14.8 Å². The molecule has 10 heteroatoms. The predicted molar refractivity (Wildman–Crippen MR) is 194 cm³/mol. The molecule has 3 N–H and O–H groups in total. The van der Waals surface area contributed by atoms with E-state index in [0.717, 1.165) is 29.5 Å². The second-order valence-electron chi connectivity index (χ2n) is 15.5. The zero-order chi connectivity index (χ0) is 35.4. The summed E-state index contributed by atoms with van der Waals surface area (Å²) >= 11 is 0. The minimum atomic E-state index is -2.22. The Kier molecular flexibility index (Phi) is 11.2. The molecule has 3 unspecified atom stereocenters. The van der Waals surface area contributed by atoms with E-state index in [1.165, 1.54) is 6.20 Å². The molecule has 4 rings (SSSR count). The van der Waals surface area contributed by atoms with Gasteiger partial charge in [-0.05, 0) is 93.1 Å². The topological polar surface area (TPSA) is 122 Å². The molecule has 0 saturated carbocycles. The van der Waals surface area contributed by atoms with Gasteiger partial charge in [0.25, 0.3) is 5.91 Å². The highest BCUT2D eigenvalue weighted by atomic mass is 28.4. The van der Waals surface area contributed by atoms with Crippen LogP contribution in [-0.2, 0) is 22.1 Å². The van der Waals surface area contributed by atoms with Gasteiger partial charge < -0.3 is 19.8 Å². The van der Waals surface area contributed by atoms with Crippen LogP contribution >= 0.6 is 0 Å². The number of nitrogen functional groups attached to an aromatic ring is 1. The Labute approximate surface area is 287 Å². The molecular weight excluding hydrogens is 619 g/mol. The summed E-state index contributed by atoms with van der Waals surface area (Å²) in [4.78, 5) is 35.0. The summed E-state index contributed by atoms with van der Waals surface area (Å²) in [5, 5.41) is 7.66. The molecule has 3 aromatic rings. The maximum atomic E-state index is 14.0. The van der Waals surface area contributed by atoms with E-state index in [1.54, 1.807) is 24.2 Å². The van der Waals surface area contributed by atoms with E-state index in [9.17, 15) is 9.59 Å². The minimum absolute atomic E-state index is 0.00247. The summed E-state index contributed by atoms with van der Waals surface area (Å²) in [7, 11) is -0.479. The normalized spacial score (nSPS) is 17.6. The molecule has 0 aliphatic carbocycles. The number of carbonyl (C=O) groups is 2. The SMILES string of the molecule is CN(Cc1cncc(C(=N)N)c1)C(=O)c1ccc(CC2CCC(C(O[Si](C)(C)C(C)(C)C)c3ccccc3)N2C(=O)OC(C)(C)C)cc1. The fourth-order valence-corrected chi connectivity index (χ4v) is 7.14. The van der Waals surface area contributed by atoms with E-state index in [2.05, 4.69) is 51.0 Å². The first-order chi connectivity index (χ1) is 22.4. The maximum absolute atomic E-state index is 14.0. The van der Waals surface area contributed by atoms with E-state index < -0.39 is 13.9 Å². The maximum Gasteiger partial charge on any atom is 0.410 e. The summed E-state index contributed by atoms with van der Waals surface area (Å²) in [5.74, 6) is -0.189. The fourth-order valence-electron chi connectivity index (χ4n) is 5.86. The lowest BCUT2D eigenvalue weighted by Gasteiger charge is -2.43. The van der Waals surface area contributed by atoms with Crippen LogP contribution < -0.4 is 5.73 Å².